The minimum absolute atomic E-state index is 0.185. The average Bonchev–Trinajstić information content (AvgIpc) is 2.77. The minimum atomic E-state index is -4.50. The van der Waals surface area contributed by atoms with Gasteiger partial charge in [0.25, 0.3) is 0 Å². The van der Waals surface area contributed by atoms with Crippen LogP contribution in [0.3, 0.4) is 0 Å². The molecule has 6 heteroatoms. The van der Waals surface area contributed by atoms with E-state index in [9.17, 15) is 18.3 Å². The summed E-state index contributed by atoms with van der Waals surface area (Å²) < 4.78 is 44.1. The van der Waals surface area contributed by atoms with Gasteiger partial charge in [-0.3, -0.25) is 0 Å². The number of methoxy groups -OCH3 is 1. The summed E-state index contributed by atoms with van der Waals surface area (Å²) in [5, 5.41) is 14.2. The Morgan fingerprint density at radius 2 is 1.86 bits per heavy atom. The van der Waals surface area contributed by atoms with Gasteiger partial charge in [-0.25, -0.2) is 0 Å². The molecule has 1 aromatic rings. The second kappa shape index (κ2) is 4.88. The SMILES string of the molecule is COc1ccc(C2(O)CC3CCC(C2)N3)cc1C(F)(F)F. The lowest BCUT2D eigenvalue weighted by molar-refractivity contribution is -0.139. The molecule has 3 nitrogen and oxygen atoms in total. The first-order valence-electron chi connectivity index (χ1n) is 7.06. The third-order valence-corrected chi connectivity index (χ3v) is 4.55. The van der Waals surface area contributed by atoms with Gasteiger partial charge in [0.15, 0.2) is 0 Å². The second-order valence-electron chi connectivity index (χ2n) is 5.99. The van der Waals surface area contributed by atoms with Crippen molar-refractivity contribution in [2.75, 3.05) is 7.11 Å². The topological polar surface area (TPSA) is 41.5 Å². The van der Waals surface area contributed by atoms with Crippen LogP contribution in [0.15, 0.2) is 18.2 Å². The molecule has 2 saturated heterocycles. The van der Waals surface area contributed by atoms with Gasteiger partial charge in [-0.2, -0.15) is 13.2 Å². The predicted molar refractivity (Wildman–Crippen MR) is 71.1 cm³/mol. The molecule has 0 amide bonds. The fraction of sp³-hybridized carbons (Fsp3) is 0.600. The van der Waals surface area contributed by atoms with E-state index in [1.807, 2.05) is 0 Å². The number of nitrogens with one attached hydrogen (secondary N) is 1. The number of benzene rings is 1. The standard InChI is InChI=1S/C15H18F3NO2/c1-21-13-5-2-9(6-12(13)15(16,17)18)14(20)7-10-3-4-11(8-14)19-10/h2,5-6,10-11,19-20H,3-4,7-8H2,1H3. The first-order valence-corrected chi connectivity index (χ1v) is 7.06. The number of fused-ring (bicyclic) bond motifs is 2. The summed E-state index contributed by atoms with van der Waals surface area (Å²) >= 11 is 0. The van der Waals surface area contributed by atoms with Gasteiger partial charge < -0.3 is 15.2 Å². The smallest absolute Gasteiger partial charge is 0.419 e. The van der Waals surface area contributed by atoms with Crippen LogP contribution in [-0.2, 0) is 11.8 Å². The maximum atomic E-state index is 13.1. The highest BCUT2D eigenvalue weighted by atomic mass is 19.4. The predicted octanol–water partition coefficient (Wildman–Crippen LogP) is 2.82. The van der Waals surface area contributed by atoms with Crippen LogP contribution in [0.25, 0.3) is 0 Å². The third kappa shape index (κ3) is 2.62. The van der Waals surface area contributed by atoms with Gasteiger partial charge in [0.05, 0.1) is 18.3 Å². The van der Waals surface area contributed by atoms with Crippen molar-refractivity contribution < 1.29 is 23.0 Å². The van der Waals surface area contributed by atoms with E-state index in [1.54, 1.807) is 6.07 Å². The Hall–Kier alpha value is -1.27. The molecule has 2 unspecified atom stereocenters. The van der Waals surface area contributed by atoms with Crippen molar-refractivity contribution in [3.8, 4) is 5.75 Å². The molecule has 116 valence electrons. The number of alkyl halides is 3. The Morgan fingerprint density at radius 1 is 1.24 bits per heavy atom. The van der Waals surface area contributed by atoms with Gasteiger partial charge in [-0.05, 0) is 43.4 Å². The molecule has 2 fully saturated rings. The first-order chi connectivity index (χ1) is 9.82. The van der Waals surface area contributed by atoms with Gasteiger partial charge >= 0.3 is 6.18 Å². The molecule has 3 rings (SSSR count). The van der Waals surface area contributed by atoms with Crippen LogP contribution in [0.4, 0.5) is 13.2 Å². The van der Waals surface area contributed by atoms with Gasteiger partial charge in [0.1, 0.15) is 5.75 Å². The van der Waals surface area contributed by atoms with E-state index in [0.29, 0.717) is 18.4 Å². The molecule has 21 heavy (non-hydrogen) atoms. The zero-order valence-electron chi connectivity index (χ0n) is 11.7. The summed E-state index contributed by atoms with van der Waals surface area (Å²) in [4.78, 5) is 0. The van der Waals surface area contributed by atoms with Crippen molar-refractivity contribution in [3.63, 3.8) is 0 Å². The van der Waals surface area contributed by atoms with Crippen LogP contribution in [0.1, 0.15) is 36.8 Å². The summed E-state index contributed by atoms with van der Waals surface area (Å²) in [5.74, 6) is -0.216. The van der Waals surface area contributed by atoms with Crippen molar-refractivity contribution in [1.29, 1.82) is 0 Å². The Kier molecular flexibility index (Phi) is 3.41. The first kappa shape index (κ1) is 14.7. The van der Waals surface area contributed by atoms with Gasteiger partial charge in [-0.15, -0.1) is 0 Å². The molecular weight excluding hydrogens is 283 g/mol. The lowest BCUT2D eigenvalue weighted by atomic mass is 9.81. The highest BCUT2D eigenvalue weighted by Gasteiger charge is 2.44. The summed E-state index contributed by atoms with van der Waals surface area (Å²) in [6.45, 7) is 0. The highest BCUT2D eigenvalue weighted by molar-refractivity contribution is 5.41. The van der Waals surface area contributed by atoms with E-state index >= 15 is 0 Å². The van der Waals surface area contributed by atoms with Crippen LogP contribution < -0.4 is 10.1 Å². The molecule has 2 aliphatic heterocycles. The van der Waals surface area contributed by atoms with E-state index in [4.69, 9.17) is 4.74 Å². The number of rotatable bonds is 2. The summed E-state index contributed by atoms with van der Waals surface area (Å²) in [6, 6.07) is 4.23. The van der Waals surface area contributed by atoms with E-state index in [0.717, 1.165) is 18.9 Å². The number of aliphatic hydroxyl groups is 1. The van der Waals surface area contributed by atoms with Crippen LogP contribution in [0, 0.1) is 0 Å². The van der Waals surface area contributed by atoms with Crippen LogP contribution in [0.5, 0.6) is 5.75 Å². The third-order valence-electron chi connectivity index (χ3n) is 4.55. The van der Waals surface area contributed by atoms with E-state index in [1.165, 1.54) is 13.2 Å². The fourth-order valence-corrected chi connectivity index (χ4v) is 3.58. The monoisotopic (exact) mass is 301 g/mol. The van der Waals surface area contributed by atoms with Gasteiger partial charge in [0.2, 0.25) is 0 Å². The molecule has 2 N–H and O–H groups in total. The van der Waals surface area contributed by atoms with E-state index in [-0.39, 0.29) is 17.8 Å². The normalized spacial score (nSPS) is 32.2. The van der Waals surface area contributed by atoms with Crippen molar-refractivity contribution in [2.45, 2.75) is 49.5 Å². The van der Waals surface area contributed by atoms with Crippen molar-refractivity contribution in [3.05, 3.63) is 29.3 Å². The van der Waals surface area contributed by atoms with E-state index in [2.05, 4.69) is 5.32 Å². The zero-order chi connectivity index (χ0) is 15.3. The van der Waals surface area contributed by atoms with Gasteiger partial charge in [-0.1, -0.05) is 6.07 Å². The summed E-state index contributed by atoms with van der Waals surface area (Å²) in [7, 11) is 1.21. The van der Waals surface area contributed by atoms with Crippen LogP contribution >= 0.6 is 0 Å². The van der Waals surface area contributed by atoms with Crippen LogP contribution in [-0.4, -0.2) is 24.3 Å². The maximum Gasteiger partial charge on any atom is 0.419 e. The Labute approximate surface area is 121 Å². The highest BCUT2D eigenvalue weighted by Crippen LogP contribution is 2.44. The quantitative estimate of drug-likeness (QED) is 0.882. The molecular formula is C15H18F3NO2. The fourth-order valence-electron chi connectivity index (χ4n) is 3.58. The second-order valence-corrected chi connectivity index (χ2v) is 5.99. The lowest BCUT2D eigenvalue weighted by Gasteiger charge is -2.38. The van der Waals surface area contributed by atoms with Gasteiger partial charge in [0, 0.05) is 12.1 Å². The minimum Gasteiger partial charge on any atom is -0.496 e. The molecule has 0 aromatic heterocycles. The largest absolute Gasteiger partial charge is 0.496 e. The maximum absolute atomic E-state index is 13.1. The van der Waals surface area contributed by atoms with Crippen molar-refractivity contribution >= 4 is 0 Å². The Morgan fingerprint density at radius 3 is 2.38 bits per heavy atom. The molecule has 0 radical (unpaired) electrons. The molecule has 2 heterocycles. The molecule has 0 aliphatic carbocycles. The lowest BCUT2D eigenvalue weighted by Crippen LogP contribution is -2.46. The molecule has 1 aromatic carbocycles. The number of halogens is 3. The molecule has 2 aliphatic rings. The Balaban J connectivity index is 1.99. The number of hydrogen-bond donors (Lipinski definition) is 2. The summed E-state index contributed by atoms with van der Waals surface area (Å²) in [5.41, 5.74) is -1.69. The Bertz CT molecular complexity index is 532. The zero-order valence-corrected chi connectivity index (χ0v) is 11.7. The number of ether oxygens (including phenoxy) is 1. The summed E-state index contributed by atoms with van der Waals surface area (Å²) in [6.07, 6.45) is -1.66. The number of hydrogen-bond acceptors (Lipinski definition) is 3. The van der Waals surface area contributed by atoms with E-state index < -0.39 is 17.3 Å². The van der Waals surface area contributed by atoms with Crippen molar-refractivity contribution in [2.24, 2.45) is 0 Å². The van der Waals surface area contributed by atoms with Crippen molar-refractivity contribution in [1.82, 2.24) is 5.32 Å². The number of piperidine rings is 1. The van der Waals surface area contributed by atoms with Crippen LogP contribution in [0.2, 0.25) is 0 Å². The average molecular weight is 301 g/mol. The molecule has 0 spiro atoms. The molecule has 2 atom stereocenters. The molecule has 2 bridgehead atoms. The molecule has 0 saturated carbocycles.